The van der Waals surface area contributed by atoms with Crippen molar-refractivity contribution < 1.29 is 23.8 Å². The molecule has 1 amide bonds. The van der Waals surface area contributed by atoms with Gasteiger partial charge in [-0.2, -0.15) is 5.26 Å². The van der Waals surface area contributed by atoms with Gasteiger partial charge in [-0.15, -0.1) is 0 Å². The molecule has 0 atom stereocenters. The molecule has 1 N–H and O–H groups in total. The van der Waals surface area contributed by atoms with Crippen molar-refractivity contribution in [1.29, 1.82) is 5.26 Å². The first-order valence-electron chi connectivity index (χ1n) is 11.4. The Morgan fingerprint density at radius 3 is 2.50 bits per heavy atom. The number of amides is 1. The number of hydrogen-bond acceptors (Lipinski definition) is 6. The number of nitrogens with one attached hydrogen (secondary N) is 1. The molecule has 0 bridgehead atoms. The van der Waals surface area contributed by atoms with E-state index in [0.717, 1.165) is 22.4 Å². The van der Waals surface area contributed by atoms with Gasteiger partial charge in [0.15, 0.2) is 24.7 Å². The molecule has 8 nitrogen and oxygen atoms in total. The number of esters is 1. The van der Waals surface area contributed by atoms with Crippen LogP contribution < -0.4 is 14.8 Å². The minimum absolute atomic E-state index is 0.375. The van der Waals surface area contributed by atoms with Crippen LogP contribution in [-0.2, 0) is 20.9 Å². The van der Waals surface area contributed by atoms with Gasteiger partial charge in [-0.05, 0) is 49.6 Å². The molecule has 3 aromatic rings. The van der Waals surface area contributed by atoms with Crippen molar-refractivity contribution in [1.82, 2.24) is 4.57 Å². The average Bonchev–Trinajstić information content (AvgIpc) is 3.10. The first kappa shape index (κ1) is 26.1. The molecule has 0 aliphatic heterocycles. The standard InChI is InChI=1S/C28H29N3O5/c1-5-9-21-12-13-24(25(14-21)34-4)35-18-27(33)36-17-26(32)30-28-23(15-29)19(2)20(3)31(28)16-22-10-7-6-8-11-22/h5-14H,16-18H2,1-4H3,(H,30,32)/b9-5+. The Labute approximate surface area is 210 Å². The van der Waals surface area contributed by atoms with Crippen molar-refractivity contribution in [3.05, 3.63) is 82.6 Å². The Morgan fingerprint density at radius 2 is 1.83 bits per heavy atom. The fourth-order valence-corrected chi connectivity index (χ4v) is 3.69. The van der Waals surface area contributed by atoms with Gasteiger partial charge in [0.1, 0.15) is 11.9 Å². The summed E-state index contributed by atoms with van der Waals surface area (Å²) in [6.45, 7) is 5.21. The van der Waals surface area contributed by atoms with Gasteiger partial charge in [-0.1, -0.05) is 48.6 Å². The number of nitriles is 1. The Morgan fingerprint density at radius 1 is 1.08 bits per heavy atom. The van der Waals surface area contributed by atoms with Crippen molar-refractivity contribution in [3.63, 3.8) is 0 Å². The maximum absolute atomic E-state index is 12.6. The first-order chi connectivity index (χ1) is 17.4. The van der Waals surface area contributed by atoms with Crippen molar-refractivity contribution in [2.75, 3.05) is 25.6 Å². The zero-order valence-electron chi connectivity index (χ0n) is 20.8. The van der Waals surface area contributed by atoms with E-state index in [1.165, 1.54) is 7.11 Å². The molecule has 8 heteroatoms. The number of hydrogen-bond donors (Lipinski definition) is 1. The van der Waals surface area contributed by atoms with Crippen LogP contribution in [0.1, 0.15) is 34.9 Å². The molecule has 186 valence electrons. The highest BCUT2D eigenvalue weighted by molar-refractivity contribution is 5.93. The highest BCUT2D eigenvalue weighted by Crippen LogP contribution is 2.29. The van der Waals surface area contributed by atoms with E-state index in [1.807, 2.05) is 73.9 Å². The second kappa shape index (κ2) is 12.3. The Balaban J connectivity index is 1.62. The number of carbonyl (C=O) groups is 2. The van der Waals surface area contributed by atoms with Crippen LogP contribution in [0.4, 0.5) is 5.82 Å². The summed E-state index contributed by atoms with van der Waals surface area (Å²) in [5.41, 5.74) is 3.97. The van der Waals surface area contributed by atoms with E-state index in [9.17, 15) is 14.9 Å². The van der Waals surface area contributed by atoms with E-state index in [1.54, 1.807) is 12.1 Å². The fraction of sp³-hybridized carbons (Fsp3) is 0.250. The SMILES string of the molecule is C/C=C/c1ccc(OCC(=O)OCC(=O)Nc2c(C#N)c(C)c(C)n2Cc2ccccc2)c(OC)c1. The lowest BCUT2D eigenvalue weighted by Crippen LogP contribution is -2.25. The Bertz CT molecular complexity index is 1300. The van der Waals surface area contributed by atoms with Gasteiger partial charge < -0.3 is 24.1 Å². The van der Waals surface area contributed by atoms with Gasteiger partial charge in [0.2, 0.25) is 0 Å². The predicted molar refractivity (Wildman–Crippen MR) is 137 cm³/mol. The van der Waals surface area contributed by atoms with Gasteiger partial charge in [0, 0.05) is 12.2 Å². The number of carbonyl (C=O) groups excluding carboxylic acids is 2. The van der Waals surface area contributed by atoms with E-state index < -0.39 is 25.1 Å². The molecule has 0 aliphatic carbocycles. The monoisotopic (exact) mass is 487 g/mol. The minimum atomic E-state index is -0.711. The van der Waals surface area contributed by atoms with Crippen LogP contribution >= 0.6 is 0 Å². The summed E-state index contributed by atoms with van der Waals surface area (Å²) in [6, 6.07) is 17.2. The largest absolute Gasteiger partial charge is 0.493 e. The highest BCUT2D eigenvalue weighted by atomic mass is 16.6. The van der Waals surface area contributed by atoms with Crippen LogP contribution in [0, 0.1) is 25.2 Å². The van der Waals surface area contributed by atoms with Crippen molar-refractivity contribution in [2.45, 2.75) is 27.3 Å². The molecule has 2 aromatic carbocycles. The third kappa shape index (κ3) is 6.33. The van der Waals surface area contributed by atoms with Crippen molar-refractivity contribution in [2.24, 2.45) is 0 Å². The van der Waals surface area contributed by atoms with Crippen LogP contribution in [0.2, 0.25) is 0 Å². The van der Waals surface area contributed by atoms with E-state index >= 15 is 0 Å². The second-order valence-electron chi connectivity index (χ2n) is 8.03. The third-order valence-electron chi connectivity index (χ3n) is 5.64. The van der Waals surface area contributed by atoms with Crippen LogP contribution in [0.25, 0.3) is 6.08 Å². The number of allylic oxidation sites excluding steroid dienone is 1. The molecule has 3 rings (SSSR count). The van der Waals surface area contributed by atoms with Gasteiger partial charge in [0.25, 0.3) is 5.91 Å². The van der Waals surface area contributed by atoms with E-state index in [-0.39, 0.29) is 0 Å². The summed E-state index contributed by atoms with van der Waals surface area (Å²) in [5.74, 6) is -0.0302. The number of methoxy groups -OCH3 is 1. The normalized spacial score (nSPS) is 10.6. The van der Waals surface area contributed by atoms with Crippen LogP contribution in [0.5, 0.6) is 11.5 Å². The molecule has 1 aromatic heterocycles. The maximum Gasteiger partial charge on any atom is 0.344 e. The molecule has 0 fully saturated rings. The number of anilines is 1. The smallest absolute Gasteiger partial charge is 0.344 e. The number of rotatable bonds is 10. The summed E-state index contributed by atoms with van der Waals surface area (Å²) < 4.78 is 17.8. The van der Waals surface area contributed by atoms with E-state index in [0.29, 0.717) is 29.4 Å². The first-order valence-corrected chi connectivity index (χ1v) is 11.4. The Kier molecular flexibility index (Phi) is 8.89. The number of ether oxygens (including phenoxy) is 3. The van der Waals surface area contributed by atoms with Crippen molar-refractivity contribution >= 4 is 23.8 Å². The number of benzene rings is 2. The molecule has 0 radical (unpaired) electrons. The van der Waals surface area contributed by atoms with Crippen LogP contribution in [0.15, 0.2) is 54.6 Å². The third-order valence-corrected chi connectivity index (χ3v) is 5.64. The number of aromatic nitrogens is 1. The lowest BCUT2D eigenvalue weighted by atomic mass is 10.2. The zero-order valence-corrected chi connectivity index (χ0v) is 20.8. The zero-order chi connectivity index (χ0) is 26.1. The van der Waals surface area contributed by atoms with Gasteiger partial charge in [0.05, 0.1) is 12.7 Å². The topological polar surface area (TPSA) is 103 Å². The van der Waals surface area contributed by atoms with Gasteiger partial charge in [-0.3, -0.25) is 4.79 Å². The Hall–Kier alpha value is -4.51. The average molecular weight is 488 g/mol. The van der Waals surface area contributed by atoms with Crippen LogP contribution in [0.3, 0.4) is 0 Å². The molecule has 0 unspecified atom stereocenters. The quantitative estimate of drug-likeness (QED) is 0.419. The lowest BCUT2D eigenvalue weighted by molar-refractivity contribution is -0.149. The minimum Gasteiger partial charge on any atom is -0.493 e. The van der Waals surface area contributed by atoms with Crippen LogP contribution in [-0.4, -0.2) is 36.8 Å². The molecule has 0 aliphatic rings. The van der Waals surface area contributed by atoms with Gasteiger partial charge in [-0.25, -0.2) is 4.79 Å². The van der Waals surface area contributed by atoms with Gasteiger partial charge >= 0.3 is 5.97 Å². The predicted octanol–water partition coefficient (Wildman–Crippen LogP) is 4.63. The molecule has 1 heterocycles. The summed E-state index contributed by atoms with van der Waals surface area (Å²) in [7, 11) is 1.51. The van der Waals surface area contributed by atoms with E-state index in [2.05, 4.69) is 11.4 Å². The molecule has 36 heavy (non-hydrogen) atoms. The second-order valence-corrected chi connectivity index (χ2v) is 8.03. The maximum atomic E-state index is 12.6. The molecule has 0 spiro atoms. The van der Waals surface area contributed by atoms with Crippen molar-refractivity contribution in [3.8, 4) is 17.6 Å². The summed E-state index contributed by atoms with van der Waals surface area (Å²) in [4.78, 5) is 24.8. The molecule has 0 saturated carbocycles. The highest BCUT2D eigenvalue weighted by Gasteiger charge is 2.20. The molecular formula is C28H29N3O5. The lowest BCUT2D eigenvalue weighted by Gasteiger charge is -2.14. The summed E-state index contributed by atoms with van der Waals surface area (Å²) in [6.07, 6.45) is 3.81. The fourth-order valence-electron chi connectivity index (χ4n) is 3.69. The summed E-state index contributed by atoms with van der Waals surface area (Å²) in [5, 5.41) is 12.4. The summed E-state index contributed by atoms with van der Waals surface area (Å²) >= 11 is 0. The molecule has 0 saturated heterocycles. The van der Waals surface area contributed by atoms with E-state index in [4.69, 9.17) is 14.2 Å². The number of nitrogens with zero attached hydrogens (tertiary/aromatic N) is 2. The molecular weight excluding hydrogens is 458 g/mol.